The lowest BCUT2D eigenvalue weighted by molar-refractivity contribution is 0.939. The summed E-state index contributed by atoms with van der Waals surface area (Å²) in [5.41, 5.74) is 5.02. The van der Waals surface area contributed by atoms with Crippen molar-refractivity contribution in [2.45, 2.75) is 6.92 Å². The molecule has 4 aromatic heterocycles. The fourth-order valence-corrected chi connectivity index (χ4v) is 3.43. The molecule has 0 amide bonds. The Morgan fingerprint density at radius 2 is 1.74 bits per heavy atom. The van der Waals surface area contributed by atoms with Crippen LogP contribution in [-0.4, -0.2) is 24.1 Å². The SMILES string of the molecule is Cc1nn2c(ncc3c(=O)n(-c4ccncc4)ccc32)c1-c1ccccc1. The molecule has 0 saturated carbocycles. The number of aryl methyl sites for hydroxylation is 1. The van der Waals surface area contributed by atoms with E-state index in [0.717, 1.165) is 33.7 Å². The first-order valence-corrected chi connectivity index (χ1v) is 8.59. The zero-order valence-corrected chi connectivity index (χ0v) is 14.6. The number of benzene rings is 1. The molecule has 0 N–H and O–H groups in total. The molecule has 0 bridgehead atoms. The number of aromatic nitrogens is 5. The van der Waals surface area contributed by atoms with E-state index in [2.05, 4.69) is 15.1 Å². The summed E-state index contributed by atoms with van der Waals surface area (Å²) in [6.07, 6.45) is 6.73. The third-order valence-corrected chi connectivity index (χ3v) is 4.69. The van der Waals surface area contributed by atoms with Gasteiger partial charge in [-0.25, -0.2) is 9.50 Å². The van der Waals surface area contributed by atoms with E-state index in [9.17, 15) is 4.79 Å². The second kappa shape index (κ2) is 5.88. The van der Waals surface area contributed by atoms with Crippen molar-refractivity contribution < 1.29 is 0 Å². The molecule has 27 heavy (non-hydrogen) atoms. The van der Waals surface area contributed by atoms with Gasteiger partial charge in [0.25, 0.3) is 5.56 Å². The average molecular weight is 353 g/mol. The summed E-state index contributed by atoms with van der Waals surface area (Å²) in [5, 5.41) is 5.17. The van der Waals surface area contributed by atoms with Gasteiger partial charge in [0.05, 0.1) is 22.3 Å². The van der Waals surface area contributed by atoms with Crippen LogP contribution in [0.2, 0.25) is 0 Å². The standard InChI is InChI=1S/C21H15N5O/c1-14-19(15-5-3-2-4-6-15)20-23-13-17-18(26(20)24-14)9-12-25(21(17)27)16-7-10-22-11-8-16/h2-13H,1H3. The van der Waals surface area contributed by atoms with E-state index in [-0.39, 0.29) is 5.56 Å². The number of nitrogens with zero attached hydrogens (tertiary/aromatic N) is 5. The van der Waals surface area contributed by atoms with Crippen LogP contribution in [0, 0.1) is 6.92 Å². The molecule has 5 aromatic rings. The molecule has 0 saturated heterocycles. The molecule has 6 nitrogen and oxygen atoms in total. The van der Waals surface area contributed by atoms with Crippen LogP contribution in [0.4, 0.5) is 0 Å². The number of hydrogen-bond donors (Lipinski definition) is 0. The normalized spacial score (nSPS) is 11.3. The predicted octanol–water partition coefficient (Wildman–Crippen LogP) is 3.40. The van der Waals surface area contributed by atoms with Gasteiger partial charge in [-0.2, -0.15) is 5.10 Å². The maximum Gasteiger partial charge on any atom is 0.266 e. The van der Waals surface area contributed by atoms with Crippen molar-refractivity contribution in [2.24, 2.45) is 0 Å². The number of fused-ring (bicyclic) bond motifs is 3. The Kier molecular flexibility index (Phi) is 3.36. The molecule has 5 rings (SSSR count). The van der Waals surface area contributed by atoms with Gasteiger partial charge in [0.2, 0.25) is 0 Å². The van der Waals surface area contributed by atoms with Crippen molar-refractivity contribution in [2.75, 3.05) is 0 Å². The quantitative estimate of drug-likeness (QED) is 0.488. The lowest BCUT2D eigenvalue weighted by atomic mass is 10.1. The largest absolute Gasteiger partial charge is 0.284 e. The van der Waals surface area contributed by atoms with E-state index in [1.807, 2.05) is 43.3 Å². The first kappa shape index (κ1) is 15.5. The van der Waals surface area contributed by atoms with Gasteiger partial charge in [-0.1, -0.05) is 30.3 Å². The second-order valence-corrected chi connectivity index (χ2v) is 6.32. The van der Waals surface area contributed by atoms with Gasteiger partial charge in [0, 0.05) is 30.4 Å². The van der Waals surface area contributed by atoms with E-state index < -0.39 is 0 Å². The van der Waals surface area contributed by atoms with Crippen molar-refractivity contribution in [3.05, 3.63) is 89.4 Å². The first-order chi connectivity index (χ1) is 13.2. The van der Waals surface area contributed by atoms with Crippen LogP contribution in [0.15, 0.2) is 78.1 Å². The summed E-state index contributed by atoms with van der Waals surface area (Å²) < 4.78 is 3.34. The van der Waals surface area contributed by atoms with Crippen molar-refractivity contribution in [3.63, 3.8) is 0 Å². The van der Waals surface area contributed by atoms with Gasteiger partial charge in [-0.3, -0.25) is 14.3 Å². The zero-order valence-electron chi connectivity index (χ0n) is 14.6. The predicted molar refractivity (Wildman–Crippen MR) is 104 cm³/mol. The van der Waals surface area contributed by atoms with Crippen molar-refractivity contribution >= 4 is 16.6 Å². The average Bonchev–Trinajstić information content (AvgIpc) is 3.06. The molecule has 130 valence electrons. The fraction of sp³-hybridized carbons (Fsp3) is 0.0476. The molecule has 4 heterocycles. The Hall–Kier alpha value is -3.80. The molecule has 0 aliphatic carbocycles. The topological polar surface area (TPSA) is 65.1 Å². The highest BCUT2D eigenvalue weighted by Gasteiger charge is 2.16. The maximum atomic E-state index is 13.0. The highest BCUT2D eigenvalue weighted by atomic mass is 16.1. The van der Waals surface area contributed by atoms with Gasteiger partial charge in [-0.05, 0) is 30.7 Å². The zero-order chi connectivity index (χ0) is 18.4. The fourth-order valence-electron chi connectivity index (χ4n) is 3.43. The smallest absolute Gasteiger partial charge is 0.266 e. The van der Waals surface area contributed by atoms with Gasteiger partial charge in [-0.15, -0.1) is 0 Å². The van der Waals surface area contributed by atoms with Crippen LogP contribution in [0.25, 0.3) is 33.4 Å². The van der Waals surface area contributed by atoms with Crippen LogP contribution < -0.4 is 5.56 Å². The maximum absolute atomic E-state index is 13.0. The van der Waals surface area contributed by atoms with E-state index in [4.69, 9.17) is 0 Å². The summed E-state index contributed by atoms with van der Waals surface area (Å²) in [7, 11) is 0. The lowest BCUT2D eigenvalue weighted by Gasteiger charge is -2.07. The van der Waals surface area contributed by atoms with Crippen LogP contribution in [-0.2, 0) is 0 Å². The summed E-state index contributed by atoms with van der Waals surface area (Å²) in [5.74, 6) is 0. The minimum absolute atomic E-state index is 0.137. The summed E-state index contributed by atoms with van der Waals surface area (Å²) in [4.78, 5) is 21.6. The number of rotatable bonds is 2. The van der Waals surface area contributed by atoms with Gasteiger partial charge in [0.15, 0.2) is 5.65 Å². The molecule has 0 aliphatic rings. The third kappa shape index (κ3) is 2.34. The molecule has 6 heteroatoms. The highest BCUT2D eigenvalue weighted by Crippen LogP contribution is 2.28. The van der Waals surface area contributed by atoms with E-state index in [0.29, 0.717) is 5.39 Å². The van der Waals surface area contributed by atoms with Crippen LogP contribution >= 0.6 is 0 Å². The Morgan fingerprint density at radius 1 is 0.963 bits per heavy atom. The Labute approximate surface area is 154 Å². The Bertz CT molecular complexity index is 1340. The minimum Gasteiger partial charge on any atom is -0.284 e. The van der Waals surface area contributed by atoms with Crippen LogP contribution in [0.1, 0.15) is 5.69 Å². The number of pyridine rings is 2. The lowest BCUT2D eigenvalue weighted by Crippen LogP contribution is -2.18. The molecule has 0 aliphatic heterocycles. The van der Waals surface area contributed by atoms with Gasteiger partial charge in [0.1, 0.15) is 0 Å². The van der Waals surface area contributed by atoms with Gasteiger partial charge < -0.3 is 0 Å². The second-order valence-electron chi connectivity index (χ2n) is 6.32. The third-order valence-electron chi connectivity index (χ3n) is 4.69. The molecule has 0 radical (unpaired) electrons. The Morgan fingerprint density at radius 3 is 2.52 bits per heavy atom. The van der Waals surface area contributed by atoms with E-state index in [1.54, 1.807) is 46.0 Å². The first-order valence-electron chi connectivity index (χ1n) is 8.59. The Balaban J connectivity index is 1.80. The van der Waals surface area contributed by atoms with Crippen molar-refractivity contribution in [1.82, 2.24) is 24.1 Å². The molecular formula is C21H15N5O. The molecule has 0 unspecified atom stereocenters. The van der Waals surface area contributed by atoms with Crippen molar-refractivity contribution in [3.8, 4) is 16.8 Å². The molecule has 0 fully saturated rings. The minimum atomic E-state index is -0.137. The molecule has 0 atom stereocenters. The summed E-state index contributed by atoms with van der Waals surface area (Å²) >= 11 is 0. The summed E-state index contributed by atoms with van der Waals surface area (Å²) in [6, 6.07) is 15.5. The molecule has 1 aromatic carbocycles. The van der Waals surface area contributed by atoms with Gasteiger partial charge >= 0.3 is 0 Å². The van der Waals surface area contributed by atoms with E-state index in [1.165, 1.54) is 0 Å². The molecular weight excluding hydrogens is 338 g/mol. The molecule has 0 spiro atoms. The van der Waals surface area contributed by atoms with Crippen LogP contribution in [0.5, 0.6) is 0 Å². The summed E-state index contributed by atoms with van der Waals surface area (Å²) in [6.45, 7) is 1.96. The highest BCUT2D eigenvalue weighted by molar-refractivity contribution is 5.86. The van der Waals surface area contributed by atoms with E-state index >= 15 is 0 Å². The van der Waals surface area contributed by atoms with Crippen LogP contribution in [0.3, 0.4) is 0 Å². The monoisotopic (exact) mass is 353 g/mol. The number of hydrogen-bond acceptors (Lipinski definition) is 4. The van der Waals surface area contributed by atoms with Crippen molar-refractivity contribution in [1.29, 1.82) is 0 Å².